The predicted molar refractivity (Wildman–Crippen MR) is 114 cm³/mol. The highest BCUT2D eigenvalue weighted by atomic mass is 32.2. The highest BCUT2D eigenvalue weighted by Crippen LogP contribution is 2.31. The van der Waals surface area contributed by atoms with E-state index < -0.39 is 14.9 Å². The second kappa shape index (κ2) is 8.46. The smallest absolute Gasteiger partial charge is 0.270 e. The summed E-state index contributed by atoms with van der Waals surface area (Å²) >= 11 is 1.40. The summed E-state index contributed by atoms with van der Waals surface area (Å²) < 4.78 is 27.5. The molecule has 2 aromatic carbocycles. The molecule has 0 saturated carbocycles. The monoisotopic (exact) mass is 445 g/mol. The van der Waals surface area contributed by atoms with Gasteiger partial charge in [-0.15, -0.1) is 10.2 Å². The van der Waals surface area contributed by atoms with Crippen LogP contribution >= 0.6 is 11.3 Å². The number of non-ortho nitro benzene ring substituents is 1. The van der Waals surface area contributed by atoms with Gasteiger partial charge < -0.3 is 5.32 Å². The maximum Gasteiger partial charge on any atom is 0.270 e. The zero-order valence-electron chi connectivity index (χ0n) is 15.9. The van der Waals surface area contributed by atoms with Crippen molar-refractivity contribution in [3.63, 3.8) is 0 Å². The molecule has 0 bridgehead atoms. The fraction of sp³-hybridized carbons (Fsp3) is 0.263. The van der Waals surface area contributed by atoms with E-state index in [1.807, 2.05) is 30.3 Å². The quantitative estimate of drug-likeness (QED) is 0.437. The van der Waals surface area contributed by atoms with Crippen LogP contribution in [0.15, 0.2) is 53.4 Å². The minimum atomic E-state index is -3.83. The molecule has 0 amide bonds. The van der Waals surface area contributed by atoms with E-state index in [1.54, 1.807) is 0 Å². The molecule has 1 fully saturated rings. The zero-order chi connectivity index (χ0) is 21.1. The first-order valence-corrected chi connectivity index (χ1v) is 11.6. The van der Waals surface area contributed by atoms with E-state index >= 15 is 0 Å². The summed E-state index contributed by atoms with van der Waals surface area (Å²) in [6, 6.07) is 13.5. The molecule has 0 aliphatic carbocycles. The molecular formula is C19H19N5O4S2. The van der Waals surface area contributed by atoms with Crippen molar-refractivity contribution in [1.82, 2.24) is 14.5 Å². The molecule has 1 N–H and O–H groups in total. The number of aromatic nitrogens is 2. The lowest BCUT2D eigenvalue weighted by Crippen LogP contribution is -2.28. The third kappa shape index (κ3) is 4.18. The van der Waals surface area contributed by atoms with Gasteiger partial charge in [0.1, 0.15) is 14.9 Å². The Morgan fingerprint density at radius 3 is 2.53 bits per heavy atom. The lowest BCUT2D eigenvalue weighted by molar-refractivity contribution is -0.385. The van der Waals surface area contributed by atoms with Gasteiger partial charge >= 0.3 is 0 Å². The maximum atomic E-state index is 13.1. The van der Waals surface area contributed by atoms with Gasteiger partial charge in [-0.05, 0) is 18.9 Å². The molecular weight excluding hydrogens is 426 g/mol. The molecule has 0 radical (unpaired) electrons. The Morgan fingerprint density at radius 2 is 1.83 bits per heavy atom. The van der Waals surface area contributed by atoms with Gasteiger partial charge in [-0.1, -0.05) is 41.7 Å². The molecule has 9 nitrogen and oxygen atoms in total. The van der Waals surface area contributed by atoms with Crippen LogP contribution in [0.4, 0.5) is 11.4 Å². The van der Waals surface area contributed by atoms with Crippen molar-refractivity contribution in [3.05, 3.63) is 63.7 Å². The number of hydrogen-bond acceptors (Lipinski definition) is 8. The molecule has 156 valence electrons. The summed E-state index contributed by atoms with van der Waals surface area (Å²) in [6.07, 6.45) is 1.56. The number of nitro groups is 1. The van der Waals surface area contributed by atoms with Crippen molar-refractivity contribution in [2.24, 2.45) is 0 Å². The first-order valence-electron chi connectivity index (χ1n) is 9.35. The standard InChI is InChI=1S/C19H19N5O4S2/c25-24(26)15-8-9-16(17(12-15)30(27,28)23-10-4-5-11-23)20-13-18-21-22-19(29-18)14-6-2-1-3-7-14/h1-3,6-9,12,20H,4-5,10-11,13H2. The van der Waals surface area contributed by atoms with Crippen LogP contribution in [0.3, 0.4) is 0 Å². The largest absolute Gasteiger partial charge is 0.377 e. The molecule has 4 rings (SSSR count). The maximum absolute atomic E-state index is 13.1. The van der Waals surface area contributed by atoms with Crippen LogP contribution in [-0.2, 0) is 16.6 Å². The van der Waals surface area contributed by atoms with Gasteiger partial charge in [-0.25, -0.2) is 8.42 Å². The number of anilines is 1. The molecule has 3 aromatic rings. The molecule has 0 unspecified atom stereocenters. The Balaban J connectivity index is 1.60. The van der Waals surface area contributed by atoms with Crippen molar-refractivity contribution in [1.29, 1.82) is 0 Å². The molecule has 1 aliphatic rings. The molecule has 30 heavy (non-hydrogen) atoms. The average molecular weight is 446 g/mol. The molecule has 1 saturated heterocycles. The average Bonchev–Trinajstić information content (AvgIpc) is 3.45. The Labute approximate surface area is 177 Å². The molecule has 1 aromatic heterocycles. The van der Waals surface area contributed by atoms with Crippen LogP contribution in [0.1, 0.15) is 17.8 Å². The topological polar surface area (TPSA) is 118 Å². The van der Waals surface area contributed by atoms with Crippen molar-refractivity contribution in [2.45, 2.75) is 24.3 Å². The number of nitrogens with zero attached hydrogens (tertiary/aromatic N) is 4. The summed E-state index contributed by atoms with van der Waals surface area (Å²) in [5.41, 5.74) is 0.999. The summed E-state index contributed by atoms with van der Waals surface area (Å²) in [4.78, 5) is 10.5. The van der Waals surface area contributed by atoms with Gasteiger partial charge in [0.15, 0.2) is 0 Å². The summed E-state index contributed by atoms with van der Waals surface area (Å²) in [6.45, 7) is 1.09. The number of benzene rings is 2. The Morgan fingerprint density at radius 1 is 1.10 bits per heavy atom. The minimum absolute atomic E-state index is 0.0913. The molecule has 1 aliphatic heterocycles. The SMILES string of the molecule is O=[N+]([O-])c1ccc(NCc2nnc(-c3ccccc3)s2)c(S(=O)(=O)N2CCCC2)c1. The number of nitrogens with one attached hydrogen (secondary N) is 1. The predicted octanol–water partition coefficient (Wildman–Crippen LogP) is 3.51. The van der Waals surface area contributed by atoms with E-state index in [0.29, 0.717) is 23.8 Å². The summed E-state index contributed by atoms with van der Waals surface area (Å²) in [7, 11) is -3.83. The number of nitro benzene ring substituents is 1. The lowest BCUT2D eigenvalue weighted by Gasteiger charge is -2.18. The molecule has 11 heteroatoms. The fourth-order valence-electron chi connectivity index (χ4n) is 3.24. The lowest BCUT2D eigenvalue weighted by atomic mass is 10.2. The van der Waals surface area contributed by atoms with E-state index in [1.165, 1.54) is 27.8 Å². The molecule has 0 spiro atoms. The van der Waals surface area contributed by atoms with Gasteiger partial charge in [0, 0.05) is 30.8 Å². The van der Waals surface area contributed by atoms with Crippen LogP contribution < -0.4 is 5.32 Å². The van der Waals surface area contributed by atoms with E-state index in [2.05, 4.69) is 15.5 Å². The zero-order valence-corrected chi connectivity index (χ0v) is 17.5. The second-order valence-corrected chi connectivity index (χ2v) is 9.74. The first-order chi connectivity index (χ1) is 14.4. The van der Waals surface area contributed by atoms with E-state index in [9.17, 15) is 18.5 Å². The van der Waals surface area contributed by atoms with Gasteiger partial charge in [0.2, 0.25) is 10.0 Å². The van der Waals surface area contributed by atoms with Crippen LogP contribution in [0, 0.1) is 10.1 Å². The van der Waals surface area contributed by atoms with Crippen molar-refractivity contribution in [2.75, 3.05) is 18.4 Å². The Hall–Kier alpha value is -2.89. The van der Waals surface area contributed by atoms with E-state index in [-0.39, 0.29) is 17.1 Å². The van der Waals surface area contributed by atoms with Gasteiger partial charge in [0.25, 0.3) is 5.69 Å². The van der Waals surface area contributed by atoms with E-state index in [4.69, 9.17) is 0 Å². The summed E-state index contributed by atoms with van der Waals surface area (Å²) in [5.74, 6) is 0. The number of sulfonamides is 1. The number of rotatable bonds is 7. The van der Waals surface area contributed by atoms with Crippen molar-refractivity contribution in [3.8, 4) is 10.6 Å². The highest BCUT2D eigenvalue weighted by Gasteiger charge is 2.31. The van der Waals surface area contributed by atoms with Crippen LogP contribution in [-0.4, -0.2) is 40.9 Å². The Kier molecular flexibility index (Phi) is 5.75. The third-order valence-corrected chi connectivity index (χ3v) is 7.69. The highest BCUT2D eigenvalue weighted by molar-refractivity contribution is 7.89. The minimum Gasteiger partial charge on any atom is -0.377 e. The third-order valence-electron chi connectivity index (χ3n) is 4.78. The van der Waals surface area contributed by atoms with Crippen LogP contribution in [0.2, 0.25) is 0 Å². The first kappa shape index (κ1) is 20.4. The Bertz CT molecular complexity index is 1160. The fourth-order valence-corrected chi connectivity index (χ4v) is 5.73. The molecule has 0 atom stereocenters. The van der Waals surface area contributed by atoms with Gasteiger partial charge in [0.05, 0.1) is 17.2 Å². The summed E-state index contributed by atoms with van der Waals surface area (Å²) in [5, 5.41) is 24.0. The molecule has 2 heterocycles. The van der Waals surface area contributed by atoms with Crippen molar-refractivity contribution < 1.29 is 13.3 Å². The normalized spacial score (nSPS) is 14.7. The van der Waals surface area contributed by atoms with Crippen LogP contribution in [0.5, 0.6) is 0 Å². The van der Waals surface area contributed by atoms with Crippen LogP contribution in [0.25, 0.3) is 10.6 Å². The van der Waals surface area contributed by atoms with Gasteiger partial charge in [-0.2, -0.15) is 4.31 Å². The second-order valence-electron chi connectivity index (χ2n) is 6.77. The van der Waals surface area contributed by atoms with Gasteiger partial charge in [-0.3, -0.25) is 10.1 Å². The number of hydrogen-bond donors (Lipinski definition) is 1. The van der Waals surface area contributed by atoms with Crippen molar-refractivity contribution >= 4 is 32.7 Å². The van der Waals surface area contributed by atoms with E-state index in [0.717, 1.165) is 29.5 Å².